The van der Waals surface area contributed by atoms with Gasteiger partial charge in [0.1, 0.15) is 29.2 Å². The number of hydrogen-bond acceptors (Lipinski definition) is 9. The van der Waals surface area contributed by atoms with Gasteiger partial charge in [-0.3, -0.25) is 14.8 Å². The van der Waals surface area contributed by atoms with E-state index in [2.05, 4.69) is 50.7 Å². The Morgan fingerprint density at radius 3 is 2.36 bits per heavy atom. The van der Waals surface area contributed by atoms with Crippen LogP contribution in [0, 0.1) is 5.82 Å². The molecule has 2 bridgehead atoms. The summed E-state index contributed by atoms with van der Waals surface area (Å²) in [4.78, 5) is 34.1. The van der Waals surface area contributed by atoms with Crippen LogP contribution in [0.2, 0.25) is 18.1 Å². The van der Waals surface area contributed by atoms with Gasteiger partial charge in [-0.2, -0.15) is 9.97 Å². The first-order valence-corrected chi connectivity index (χ1v) is 22.0. The summed E-state index contributed by atoms with van der Waals surface area (Å²) in [5.74, 6) is 0.193. The topological polar surface area (TPSA) is 93.2 Å². The van der Waals surface area contributed by atoms with Gasteiger partial charge in [0.2, 0.25) is 8.32 Å². The van der Waals surface area contributed by atoms with Gasteiger partial charge in [0, 0.05) is 54.9 Å². The Bertz CT molecular complexity index is 2000. The van der Waals surface area contributed by atoms with Crippen molar-refractivity contribution < 1.29 is 23.1 Å². The average molecular weight is 743 g/mol. The first kappa shape index (κ1) is 37.4. The third kappa shape index (κ3) is 7.73. The van der Waals surface area contributed by atoms with Gasteiger partial charge in [0.05, 0.1) is 5.69 Å². The van der Waals surface area contributed by atoms with E-state index in [-0.39, 0.29) is 46.5 Å². The highest BCUT2D eigenvalue weighted by Crippen LogP contribution is 2.41. The lowest BCUT2D eigenvalue weighted by Crippen LogP contribution is -2.56. The minimum absolute atomic E-state index is 0.00974. The summed E-state index contributed by atoms with van der Waals surface area (Å²) in [6.07, 6.45) is 5.43. The Labute approximate surface area is 314 Å². The lowest BCUT2D eigenvalue weighted by molar-refractivity contribution is -0.00553. The number of aromatic nitrogens is 3. The van der Waals surface area contributed by atoms with E-state index in [4.69, 9.17) is 28.9 Å². The summed E-state index contributed by atoms with van der Waals surface area (Å²) in [5.41, 5.74) is 1.15. The molecule has 3 aliphatic heterocycles. The van der Waals surface area contributed by atoms with E-state index in [1.54, 1.807) is 6.20 Å². The molecule has 4 aromatic rings. The van der Waals surface area contributed by atoms with Crippen LogP contribution < -0.4 is 9.16 Å². The van der Waals surface area contributed by atoms with Crippen molar-refractivity contribution in [2.24, 2.45) is 0 Å². The lowest BCUT2D eigenvalue weighted by atomic mass is 10.00. The quantitative estimate of drug-likeness (QED) is 0.165. The molecule has 53 heavy (non-hydrogen) atoms. The van der Waals surface area contributed by atoms with Gasteiger partial charge in [-0.15, -0.1) is 0 Å². The number of amides is 1. The van der Waals surface area contributed by atoms with Crippen molar-refractivity contribution in [3.05, 3.63) is 54.1 Å². The van der Waals surface area contributed by atoms with E-state index in [0.717, 1.165) is 43.0 Å². The fourth-order valence-electron chi connectivity index (χ4n) is 7.76. The minimum Gasteiger partial charge on any atom is -0.543 e. The molecule has 3 aliphatic rings. The second-order valence-corrected chi connectivity index (χ2v) is 22.5. The highest BCUT2D eigenvalue weighted by molar-refractivity contribution is 6.74. The molecule has 3 fully saturated rings. The normalized spacial score (nSPS) is 21.5. The monoisotopic (exact) mass is 742 g/mol. The van der Waals surface area contributed by atoms with Crippen LogP contribution in [0.1, 0.15) is 72.9 Å². The van der Waals surface area contributed by atoms with Gasteiger partial charge in [0.25, 0.3) is 0 Å². The molecular weight excluding hydrogens is 688 g/mol. The van der Waals surface area contributed by atoms with Crippen LogP contribution in [0.4, 0.5) is 9.18 Å². The van der Waals surface area contributed by atoms with Crippen molar-refractivity contribution in [3.8, 4) is 23.0 Å². The summed E-state index contributed by atoms with van der Waals surface area (Å²) in [6.45, 7) is 20.0. The molecule has 0 radical (unpaired) electrons. The minimum atomic E-state index is -2.19. The largest absolute Gasteiger partial charge is 0.543 e. The zero-order valence-corrected chi connectivity index (χ0v) is 33.8. The zero-order valence-electron chi connectivity index (χ0n) is 32.8. The van der Waals surface area contributed by atoms with Crippen LogP contribution >= 0.6 is 0 Å². The third-order valence-corrected chi connectivity index (χ3v) is 16.0. The fraction of sp³-hybridized carbons (Fsp3) is 0.561. The van der Waals surface area contributed by atoms with Crippen LogP contribution in [0.25, 0.3) is 32.9 Å². The molecule has 3 atom stereocenters. The van der Waals surface area contributed by atoms with Crippen molar-refractivity contribution in [3.63, 3.8) is 0 Å². The van der Waals surface area contributed by atoms with Crippen LogP contribution in [-0.2, 0) is 11.3 Å². The number of likely N-dealkylation sites (tertiary alicyclic amines) is 2. The van der Waals surface area contributed by atoms with E-state index in [9.17, 15) is 4.79 Å². The first-order valence-electron chi connectivity index (χ1n) is 19.1. The molecule has 2 unspecified atom stereocenters. The van der Waals surface area contributed by atoms with Crippen molar-refractivity contribution in [1.82, 2.24) is 29.7 Å². The number of fused-ring (bicyclic) bond motifs is 4. The number of carbonyl (C=O) groups is 1. The molecule has 0 spiro atoms. The van der Waals surface area contributed by atoms with E-state index in [1.807, 2.05) is 62.1 Å². The fourth-order valence-corrected chi connectivity index (χ4v) is 8.77. The summed E-state index contributed by atoms with van der Waals surface area (Å²) >= 11 is 0. The number of carbonyl (C=O) groups excluding carboxylic acids is 1. The molecule has 0 saturated carbocycles. The first-order chi connectivity index (χ1) is 25.0. The predicted molar refractivity (Wildman–Crippen MR) is 209 cm³/mol. The SMILES string of the molecule is CN1CCC[C@H]1COc1nc(CN2CC3CCC(C2)N3C(=O)OC(C)(C)C)c2cnc(-c3cc(O[Si](C)(C)C(C)(C)C)cc4ccccc34)c(F)c2n1. The predicted octanol–water partition coefficient (Wildman–Crippen LogP) is 8.42. The van der Waals surface area contributed by atoms with Gasteiger partial charge >= 0.3 is 12.1 Å². The molecule has 284 valence electrons. The highest BCUT2D eigenvalue weighted by Gasteiger charge is 2.44. The molecule has 0 aliphatic carbocycles. The van der Waals surface area contributed by atoms with Gasteiger partial charge in [-0.1, -0.05) is 45.0 Å². The Morgan fingerprint density at radius 1 is 0.981 bits per heavy atom. The average Bonchev–Trinajstić information content (AvgIpc) is 3.61. The number of ether oxygens (including phenoxy) is 2. The van der Waals surface area contributed by atoms with Crippen LogP contribution in [0.15, 0.2) is 42.6 Å². The number of likely N-dealkylation sites (N-methyl/N-ethyl adjacent to an activating group) is 1. The van der Waals surface area contributed by atoms with Crippen molar-refractivity contribution in [1.29, 1.82) is 0 Å². The molecular formula is C41H55FN6O4Si. The molecule has 7 rings (SSSR count). The number of rotatable bonds is 8. The molecule has 0 N–H and O–H groups in total. The number of benzene rings is 2. The maximum absolute atomic E-state index is 17.2. The zero-order chi connectivity index (χ0) is 37.9. The number of halogens is 1. The maximum Gasteiger partial charge on any atom is 0.410 e. The van der Waals surface area contributed by atoms with E-state index >= 15 is 4.39 Å². The van der Waals surface area contributed by atoms with Gasteiger partial charge in [0.15, 0.2) is 5.82 Å². The molecule has 3 saturated heterocycles. The maximum atomic E-state index is 17.2. The third-order valence-electron chi connectivity index (χ3n) is 11.6. The van der Waals surface area contributed by atoms with Gasteiger partial charge in [-0.25, -0.2) is 9.18 Å². The van der Waals surface area contributed by atoms with E-state index in [0.29, 0.717) is 48.6 Å². The number of pyridine rings is 1. The van der Waals surface area contributed by atoms with Crippen LogP contribution in [-0.4, -0.2) is 101 Å². The standard InChI is InChI=1S/C41H55FN6O4Si/c1-40(2,3)51-39(49)48-27-16-17-28(48)23-47(22-27)24-34-33-21-43-36(35(42)37(33)45-38(44-34)50-25-29-14-12-18-46(29)7)32-20-30(52-53(8,9)41(4,5)6)19-26-13-10-11-15-31(26)32/h10-11,13,15,19-21,27-29H,12,14,16-18,22-25H2,1-9H3/t27?,28?,29-/m0/s1. The van der Waals surface area contributed by atoms with E-state index in [1.165, 1.54) is 0 Å². The second kappa shape index (κ2) is 14.1. The van der Waals surface area contributed by atoms with E-state index < -0.39 is 19.7 Å². The van der Waals surface area contributed by atoms with Crippen molar-refractivity contribution >= 4 is 36.1 Å². The van der Waals surface area contributed by atoms with Gasteiger partial charge in [-0.05, 0) is 101 Å². The summed E-state index contributed by atoms with van der Waals surface area (Å²) in [5, 5.41) is 2.38. The Kier molecular flexibility index (Phi) is 9.95. The Balaban J connectivity index is 1.26. The highest BCUT2D eigenvalue weighted by atomic mass is 28.4. The molecule has 5 heterocycles. The van der Waals surface area contributed by atoms with Gasteiger partial charge < -0.3 is 18.8 Å². The number of nitrogens with zero attached hydrogens (tertiary/aromatic N) is 6. The van der Waals surface area contributed by atoms with Crippen molar-refractivity contribution in [2.75, 3.05) is 33.3 Å². The lowest BCUT2D eigenvalue weighted by Gasteiger charge is -2.41. The molecule has 12 heteroatoms. The Morgan fingerprint density at radius 2 is 1.70 bits per heavy atom. The molecule has 2 aromatic heterocycles. The molecule has 2 aromatic carbocycles. The van der Waals surface area contributed by atoms with Crippen molar-refractivity contribution in [2.45, 2.75) is 116 Å². The smallest absolute Gasteiger partial charge is 0.410 e. The second-order valence-electron chi connectivity index (χ2n) is 17.7. The molecule has 10 nitrogen and oxygen atoms in total. The number of hydrogen-bond donors (Lipinski definition) is 0. The summed E-state index contributed by atoms with van der Waals surface area (Å²) in [6, 6.07) is 12.4. The van der Waals surface area contributed by atoms with Crippen LogP contribution in [0.5, 0.6) is 11.8 Å². The Hall–Kier alpha value is -3.87. The summed E-state index contributed by atoms with van der Waals surface area (Å²) < 4.78 is 36.0. The summed E-state index contributed by atoms with van der Waals surface area (Å²) in [7, 11) is -0.0903. The number of piperazine rings is 1. The molecule has 1 amide bonds. The van der Waals surface area contributed by atoms with Crippen LogP contribution in [0.3, 0.4) is 0 Å².